The number of para-hydroxylation sites is 1. The van der Waals surface area contributed by atoms with E-state index in [1.807, 2.05) is 7.05 Å². The minimum Gasteiger partial charge on any atom is -0.367 e. The van der Waals surface area contributed by atoms with Crippen molar-refractivity contribution in [3.8, 4) is 0 Å². The third kappa shape index (κ3) is 3.71. The molecule has 1 aliphatic rings. The summed E-state index contributed by atoms with van der Waals surface area (Å²) in [5.41, 5.74) is 2.81. The van der Waals surface area contributed by atoms with Crippen molar-refractivity contribution in [3.05, 3.63) is 29.8 Å². The van der Waals surface area contributed by atoms with E-state index in [0.717, 1.165) is 13.1 Å². The molecule has 0 saturated carbocycles. The Morgan fingerprint density at radius 3 is 2.79 bits per heavy atom. The maximum Gasteiger partial charge on any atom is 0.0429 e. The number of aryl methyl sites for hydroxylation is 1. The molecule has 1 N–H and O–H groups in total. The summed E-state index contributed by atoms with van der Waals surface area (Å²) in [5, 5.41) is 3.29. The van der Waals surface area contributed by atoms with Gasteiger partial charge in [0, 0.05) is 24.8 Å². The fourth-order valence-corrected chi connectivity index (χ4v) is 3.00. The van der Waals surface area contributed by atoms with Crippen LogP contribution >= 0.6 is 0 Å². The zero-order valence-corrected chi connectivity index (χ0v) is 12.5. The van der Waals surface area contributed by atoms with Crippen molar-refractivity contribution in [2.75, 3.05) is 45.2 Å². The maximum absolute atomic E-state index is 3.29. The van der Waals surface area contributed by atoms with Crippen LogP contribution in [0, 0.1) is 6.92 Å². The molecule has 0 spiro atoms. The number of benzene rings is 1. The van der Waals surface area contributed by atoms with Crippen LogP contribution in [0.1, 0.15) is 18.4 Å². The number of anilines is 1. The quantitative estimate of drug-likeness (QED) is 0.895. The molecule has 1 aliphatic heterocycles. The van der Waals surface area contributed by atoms with Gasteiger partial charge in [-0.15, -0.1) is 0 Å². The molecule has 0 aromatic heterocycles. The first-order valence-corrected chi connectivity index (χ1v) is 7.38. The van der Waals surface area contributed by atoms with Gasteiger partial charge in [0.05, 0.1) is 0 Å². The van der Waals surface area contributed by atoms with Gasteiger partial charge in [0.2, 0.25) is 0 Å². The van der Waals surface area contributed by atoms with E-state index < -0.39 is 0 Å². The highest BCUT2D eigenvalue weighted by atomic mass is 15.2. The summed E-state index contributed by atoms with van der Waals surface area (Å²) < 4.78 is 0. The first-order valence-electron chi connectivity index (χ1n) is 7.38. The molecule has 1 aromatic carbocycles. The molecule has 3 nitrogen and oxygen atoms in total. The third-order valence-corrected chi connectivity index (χ3v) is 4.05. The van der Waals surface area contributed by atoms with Crippen LogP contribution in [0.5, 0.6) is 0 Å². The van der Waals surface area contributed by atoms with Gasteiger partial charge in [-0.1, -0.05) is 18.2 Å². The number of nitrogens with zero attached hydrogens (tertiary/aromatic N) is 2. The van der Waals surface area contributed by atoms with Gasteiger partial charge in [-0.05, 0) is 58.6 Å². The van der Waals surface area contributed by atoms with Gasteiger partial charge < -0.3 is 15.1 Å². The Bertz CT molecular complexity index is 391. The third-order valence-electron chi connectivity index (χ3n) is 4.05. The van der Waals surface area contributed by atoms with E-state index in [2.05, 4.69) is 53.4 Å². The summed E-state index contributed by atoms with van der Waals surface area (Å²) in [4.78, 5) is 5.09. The minimum atomic E-state index is 0.612. The van der Waals surface area contributed by atoms with Crippen LogP contribution in [0.15, 0.2) is 24.3 Å². The lowest BCUT2D eigenvalue weighted by Crippen LogP contribution is -2.42. The smallest absolute Gasteiger partial charge is 0.0429 e. The van der Waals surface area contributed by atoms with E-state index in [-0.39, 0.29) is 0 Å². The Balaban J connectivity index is 2.20. The van der Waals surface area contributed by atoms with Crippen molar-refractivity contribution >= 4 is 5.69 Å². The van der Waals surface area contributed by atoms with Crippen molar-refractivity contribution in [1.29, 1.82) is 0 Å². The van der Waals surface area contributed by atoms with Crippen LogP contribution in [0.4, 0.5) is 5.69 Å². The highest BCUT2D eigenvalue weighted by Gasteiger charge is 2.23. The summed E-state index contributed by atoms with van der Waals surface area (Å²) in [6.07, 6.45) is 2.45. The molecule has 1 atom stereocenters. The molecule has 0 radical (unpaired) electrons. The van der Waals surface area contributed by atoms with Crippen molar-refractivity contribution in [3.63, 3.8) is 0 Å². The molecule has 19 heavy (non-hydrogen) atoms. The number of likely N-dealkylation sites (N-methyl/N-ethyl adjacent to an activating group) is 1. The minimum absolute atomic E-state index is 0.612. The van der Waals surface area contributed by atoms with Gasteiger partial charge in [-0.25, -0.2) is 0 Å². The Morgan fingerprint density at radius 2 is 2.05 bits per heavy atom. The topological polar surface area (TPSA) is 18.5 Å². The van der Waals surface area contributed by atoms with Crippen LogP contribution in [0.2, 0.25) is 0 Å². The number of nitrogens with one attached hydrogen (secondary N) is 1. The Hall–Kier alpha value is -1.06. The first-order chi connectivity index (χ1) is 9.22. The molecule has 1 fully saturated rings. The molecule has 1 saturated heterocycles. The predicted octanol–water partition coefficient (Wildman–Crippen LogP) is 2.12. The molecule has 2 rings (SSSR count). The summed E-state index contributed by atoms with van der Waals surface area (Å²) in [6.45, 7) is 6.85. The molecular formula is C16H27N3. The highest BCUT2D eigenvalue weighted by Crippen LogP contribution is 2.25. The van der Waals surface area contributed by atoms with Gasteiger partial charge in [0.25, 0.3) is 0 Å². The summed E-state index contributed by atoms with van der Waals surface area (Å²) in [7, 11) is 4.28. The number of rotatable bonds is 4. The zero-order chi connectivity index (χ0) is 13.7. The predicted molar refractivity (Wildman–Crippen MR) is 83.0 cm³/mol. The lowest BCUT2D eigenvalue weighted by Gasteiger charge is -2.34. The van der Waals surface area contributed by atoms with Gasteiger partial charge in [-0.2, -0.15) is 0 Å². The molecule has 106 valence electrons. The van der Waals surface area contributed by atoms with Crippen LogP contribution in [0.25, 0.3) is 0 Å². The fraction of sp³-hybridized carbons (Fsp3) is 0.625. The number of hydrogen-bond donors (Lipinski definition) is 1. The molecular weight excluding hydrogens is 234 g/mol. The van der Waals surface area contributed by atoms with Crippen molar-refractivity contribution in [1.82, 2.24) is 10.2 Å². The second kappa shape index (κ2) is 6.92. The second-order valence-electron chi connectivity index (χ2n) is 5.64. The fourth-order valence-electron chi connectivity index (χ4n) is 3.00. The van der Waals surface area contributed by atoms with E-state index in [4.69, 9.17) is 0 Å². The summed E-state index contributed by atoms with van der Waals surface area (Å²) in [5.74, 6) is 0. The molecule has 0 aliphatic carbocycles. The molecule has 0 bridgehead atoms. The van der Waals surface area contributed by atoms with E-state index in [1.165, 1.54) is 37.2 Å². The first kappa shape index (κ1) is 14.4. The van der Waals surface area contributed by atoms with Crippen LogP contribution < -0.4 is 10.2 Å². The SMILES string of the molecule is CNCCC1CN(C)CCCN1c1ccccc1C. The maximum atomic E-state index is 3.29. The molecule has 1 heterocycles. The van der Waals surface area contributed by atoms with E-state index in [9.17, 15) is 0 Å². The van der Waals surface area contributed by atoms with Gasteiger partial charge in [0.15, 0.2) is 0 Å². The van der Waals surface area contributed by atoms with Crippen molar-refractivity contribution in [2.24, 2.45) is 0 Å². The van der Waals surface area contributed by atoms with E-state index >= 15 is 0 Å². The summed E-state index contributed by atoms with van der Waals surface area (Å²) >= 11 is 0. The zero-order valence-electron chi connectivity index (χ0n) is 12.5. The second-order valence-corrected chi connectivity index (χ2v) is 5.64. The van der Waals surface area contributed by atoms with E-state index in [1.54, 1.807) is 0 Å². The van der Waals surface area contributed by atoms with Gasteiger partial charge >= 0.3 is 0 Å². The lowest BCUT2D eigenvalue weighted by atomic mass is 10.1. The van der Waals surface area contributed by atoms with Crippen LogP contribution in [-0.4, -0.2) is 51.2 Å². The van der Waals surface area contributed by atoms with Crippen molar-refractivity contribution < 1.29 is 0 Å². The molecule has 3 heteroatoms. The van der Waals surface area contributed by atoms with Crippen LogP contribution in [0.3, 0.4) is 0 Å². The standard InChI is InChI=1S/C16H27N3/c1-14-7-4-5-8-16(14)19-12-6-11-18(3)13-15(19)9-10-17-2/h4-5,7-8,15,17H,6,9-13H2,1-3H3. The Morgan fingerprint density at radius 1 is 1.26 bits per heavy atom. The Labute approximate surface area is 117 Å². The number of hydrogen-bond acceptors (Lipinski definition) is 3. The molecule has 0 amide bonds. The molecule has 1 unspecified atom stereocenters. The van der Waals surface area contributed by atoms with Crippen LogP contribution in [-0.2, 0) is 0 Å². The lowest BCUT2D eigenvalue weighted by molar-refractivity contribution is 0.324. The average Bonchev–Trinajstić information content (AvgIpc) is 2.58. The largest absolute Gasteiger partial charge is 0.367 e. The van der Waals surface area contributed by atoms with Gasteiger partial charge in [-0.3, -0.25) is 0 Å². The Kier molecular flexibility index (Phi) is 5.23. The monoisotopic (exact) mass is 261 g/mol. The normalized spacial score (nSPS) is 21.4. The van der Waals surface area contributed by atoms with Gasteiger partial charge in [0.1, 0.15) is 0 Å². The highest BCUT2D eigenvalue weighted by molar-refractivity contribution is 5.54. The van der Waals surface area contributed by atoms with E-state index in [0.29, 0.717) is 6.04 Å². The molecule has 1 aromatic rings. The summed E-state index contributed by atoms with van der Waals surface area (Å²) in [6, 6.07) is 9.39. The average molecular weight is 261 g/mol. The van der Waals surface area contributed by atoms with Crippen molar-refractivity contribution in [2.45, 2.75) is 25.8 Å².